The molecule has 4 rings (SSSR count). The molecule has 1 saturated carbocycles. The topological polar surface area (TPSA) is 74.8 Å². The first-order chi connectivity index (χ1) is 13.2. The standard InChI is InChI=1S/C21H21N3O2S/c25-16-7-9-17(10-8-16)27-13-20-23-19-12-15(6-11-18(19)21(26)24-20)22-14-4-2-1-3-5-14/h1-6,11-12,17,22H,7-10,13H2,(H,23,24,26). The monoisotopic (exact) mass is 379 g/mol. The molecule has 1 fully saturated rings. The fraction of sp³-hybridized carbons (Fsp3) is 0.286. The van der Waals surface area contributed by atoms with E-state index < -0.39 is 0 Å². The SMILES string of the molecule is O=C1CCC(SCc2nc3cc(Nc4ccccc4)ccc3c(=O)[nH]2)CC1. The number of hydrogen-bond donors (Lipinski definition) is 2. The van der Waals surface area contributed by atoms with Gasteiger partial charge in [0.2, 0.25) is 0 Å². The average Bonchev–Trinajstić information content (AvgIpc) is 2.68. The minimum Gasteiger partial charge on any atom is -0.355 e. The predicted molar refractivity (Wildman–Crippen MR) is 111 cm³/mol. The van der Waals surface area contributed by atoms with Crippen molar-refractivity contribution in [1.82, 2.24) is 9.97 Å². The van der Waals surface area contributed by atoms with Crippen LogP contribution in [-0.4, -0.2) is 21.0 Å². The Morgan fingerprint density at radius 1 is 1.04 bits per heavy atom. The first-order valence-corrected chi connectivity index (χ1v) is 10.2. The second-order valence-electron chi connectivity index (χ2n) is 6.78. The summed E-state index contributed by atoms with van der Waals surface area (Å²) in [6, 6.07) is 15.5. The van der Waals surface area contributed by atoms with E-state index in [1.54, 1.807) is 17.8 Å². The molecule has 2 aromatic carbocycles. The molecule has 0 spiro atoms. The molecule has 1 aromatic heterocycles. The minimum atomic E-state index is -0.110. The summed E-state index contributed by atoms with van der Waals surface area (Å²) < 4.78 is 0. The molecule has 0 bridgehead atoms. The van der Waals surface area contributed by atoms with E-state index in [0.717, 1.165) is 24.2 Å². The van der Waals surface area contributed by atoms with Crippen molar-refractivity contribution in [1.29, 1.82) is 0 Å². The van der Waals surface area contributed by atoms with Crippen LogP contribution in [0.5, 0.6) is 0 Å². The zero-order valence-corrected chi connectivity index (χ0v) is 15.7. The van der Waals surface area contributed by atoms with Crippen molar-refractivity contribution in [3.05, 3.63) is 64.7 Å². The summed E-state index contributed by atoms with van der Waals surface area (Å²) in [4.78, 5) is 31.3. The number of benzene rings is 2. The van der Waals surface area contributed by atoms with E-state index in [9.17, 15) is 9.59 Å². The Labute approximate surface area is 161 Å². The van der Waals surface area contributed by atoms with Gasteiger partial charge in [0.15, 0.2) is 0 Å². The number of para-hydroxylation sites is 1. The summed E-state index contributed by atoms with van der Waals surface area (Å²) in [7, 11) is 0. The smallest absolute Gasteiger partial charge is 0.258 e. The molecule has 0 saturated heterocycles. The molecule has 0 aliphatic heterocycles. The van der Waals surface area contributed by atoms with Crippen LogP contribution in [0.15, 0.2) is 53.3 Å². The summed E-state index contributed by atoms with van der Waals surface area (Å²) >= 11 is 1.78. The molecule has 138 valence electrons. The second kappa shape index (κ2) is 7.96. The van der Waals surface area contributed by atoms with Crippen molar-refractivity contribution in [2.24, 2.45) is 0 Å². The Hall–Kier alpha value is -2.60. The van der Waals surface area contributed by atoms with E-state index >= 15 is 0 Å². The predicted octanol–water partition coefficient (Wildman–Crippen LogP) is 4.41. The fourth-order valence-electron chi connectivity index (χ4n) is 3.30. The van der Waals surface area contributed by atoms with E-state index in [1.165, 1.54) is 0 Å². The molecule has 0 amide bonds. The number of aromatic nitrogens is 2. The summed E-state index contributed by atoms with van der Waals surface area (Å²) in [5, 5.41) is 4.39. The first kappa shape index (κ1) is 17.8. The van der Waals surface area contributed by atoms with Gasteiger partial charge in [0.1, 0.15) is 11.6 Å². The van der Waals surface area contributed by atoms with Crippen LogP contribution in [0.3, 0.4) is 0 Å². The summed E-state index contributed by atoms with van der Waals surface area (Å²) in [5.41, 5.74) is 2.47. The molecule has 6 heteroatoms. The number of aromatic amines is 1. The van der Waals surface area contributed by atoms with Crippen molar-refractivity contribution >= 4 is 39.8 Å². The molecule has 1 heterocycles. The van der Waals surface area contributed by atoms with E-state index in [0.29, 0.717) is 46.4 Å². The van der Waals surface area contributed by atoms with Gasteiger partial charge >= 0.3 is 0 Å². The molecule has 0 radical (unpaired) electrons. The Morgan fingerprint density at radius 3 is 2.59 bits per heavy atom. The van der Waals surface area contributed by atoms with Gasteiger partial charge in [0.25, 0.3) is 5.56 Å². The van der Waals surface area contributed by atoms with Crippen LogP contribution >= 0.6 is 11.8 Å². The highest BCUT2D eigenvalue weighted by molar-refractivity contribution is 7.99. The van der Waals surface area contributed by atoms with Crippen LogP contribution in [-0.2, 0) is 10.5 Å². The van der Waals surface area contributed by atoms with Gasteiger partial charge in [-0.2, -0.15) is 11.8 Å². The van der Waals surface area contributed by atoms with Crippen molar-refractivity contribution in [3.8, 4) is 0 Å². The van der Waals surface area contributed by atoms with Crippen molar-refractivity contribution in [3.63, 3.8) is 0 Å². The van der Waals surface area contributed by atoms with Crippen LogP contribution in [0.25, 0.3) is 10.9 Å². The van der Waals surface area contributed by atoms with Crippen LogP contribution in [0.4, 0.5) is 11.4 Å². The van der Waals surface area contributed by atoms with Gasteiger partial charge in [-0.15, -0.1) is 0 Å². The Bertz CT molecular complexity index is 1010. The number of hydrogen-bond acceptors (Lipinski definition) is 5. The average molecular weight is 379 g/mol. The van der Waals surface area contributed by atoms with E-state index in [2.05, 4.69) is 15.3 Å². The van der Waals surface area contributed by atoms with Gasteiger partial charge in [-0.25, -0.2) is 4.98 Å². The van der Waals surface area contributed by atoms with Gasteiger partial charge in [0, 0.05) is 29.5 Å². The highest BCUT2D eigenvalue weighted by atomic mass is 32.2. The Morgan fingerprint density at radius 2 is 1.81 bits per heavy atom. The molecule has 27 heavy (non-hydrogen) atoms. The Balaban J connectivity index is 1.52. The zero-order chi connectivity index (χ0) is 18.6. The molecular weight excluding hydrogens is 358 g/mol. The first-order valence-electron chi connectivity index (χ1n) is 9.16. The van der Waals surface area contributed by atoms with Gasteiger partial charge < -0.3 is 10.3 Å². The number of fused-ring (bicyclic) bond motifs is 1. The maximum absolute atomic E-state index is 12.4. The number of ketones is 1. The minimum absolute atomic E-state index is 0.110. The maximum Gasteiger partial charge on any atom is 0.258 e. The largest absolute Gasteiger partial charge is 0.355 e. The number of thioether (sulfide) groups is 1. The number of H-pyrrole nitrogens is 1. The van der Waals surface area contributed by atoms with Crippen molar-refractivity contribution < 1.29 is 4.79 Å². The lowest BCUT2D eigenvalue weighted by atomic mass is 9.99. The fourth-order valence-corrected chi connectivity index (χ4v) is 4.40. The number of rotatable bonds is 5. The third-order valence-electron chi connectivity index (χ3n) is 4.76. The van der Waals surface area contributed by atoms with Crippen LogP contribution in [0, 0.1) is 0 Å². The van der Waals surface area contributed by atoms with Crippen LogP contribution in [0.2, 0.25) is 0 Å². The van der Waals surface area contributed by atoms with Crippen LogP contribution in [0.1, 0.15) is 31.5 Å². The lowest BCUT2D eigenvalue weighted by Gasteiger charge is -2.20. The summed E-state index contributed by atoms with van der Waals surface area (Å²) in [5.74, 6) is 1.70. The van der Waals surface area contributed by atoms with E-state index in [-0.39, 0.29) is 5.56 Å². The van der Waals surface area contributed by atoms with Crippen molar-refractivity contribution in [2.45, 2.75) is 36.7 Å². The molecule has 1 aliphatic carbocycles. The molecule has 1 aliphatic rings. The normalized spacial score (nSPS) is 15.2. The summed E-state index contributed by atoms with van der Waals surface area (Å²) in [6.07, 6.45) is 3.20. The third kappa shape index (κ3) is 4.39. The number of nitrogens with one attached hydrogen (secondary N) is 2. The van der Waals surface area contributed by atoms with Gasteiger partial charge in [-0.05, 0) is 43.2 Å². The second-order valence-corrected chi connectivity index (χ2v) is 8.07. The molecule has 2 N–H and O–H groups in total. The molecule has 3 aromatic rings. The number of Topliss-reactive ketones (excluding diaryl/α,β-unsaturated/α-hetero) is 1. The van der Waals surface area contributed by atoms with Gasteiger partial charge in [-0.3, -0.25) is 9.59 Å². The summed E-state index contributed by atoms with van der Waals surface area (Å²) in [6.45, 7) is 0. The number of anilines is 2. The molecular formula is C21H21N3O2S. The molecule has 5 nitrogen and oxygen atoms in total. The van der Waals surface area contributed by atoms with Crippen LogP contribution < -0.4 is 10.9 Å². The quantitative estimate of drug-likeness (QED) is 0.687. The molecule has 0 atom stereocenters. The molecule has 0 unspecified atom stereocenters. The Kier molecular flexibility index (Phi) is 5.25. The highest BCUT2D eigenvalue weighted by Crippen LogP contribution is 2.28. The highest BCUT2D eigenvalue weighted by Gasteiger charge is 2.19. The maximum atomic E-state index is 12.4. The zero-order valence-electron chi connectivity index (χ0n) is 14.9. The van der Waals surface area contributed by atoms with Gasteiger partial charge in [0.05, 0.1) is 16.7 Å². The lowest BCUT2D eigenvalue weighted by molar-refractivity contribution is -0.120. The lowest BCUT2D eigenvalue weighted by Crippen LogP contribution is -2.17. The number of nitrogens with zero attached hydrogens (tertiary/aromatic N) is 1. The van der Waals surface area contributed by atoms with E-state index in [4.69, 9.17) is 0 Å². The van der Waals surface area contributed by atoms with E-state index in [1.807, 2.05) is 42.5 Å². The number of carbonyl (C=O) groups excluding carboxylic acids is 1. The van der Waals surface area contributed by atoms with Gasteiger partial charge in [-0.1, -0.05) is 18.2 Å². The number of carbonyl (C=O) groups is 1. The third-order valence-corrected chi connectivity index (χ3v) is 6.15. The van der Waals surface area contributed by atoms with Crippen molar-refractivity contribution in [2.75, 3.05) is 5.32 Å².